The molecule has 0 saturated heterocycles. The maximum atomic E-state index is 11.5. The molecule has 0 amide bonds. The Morgan fingerprint density at radius 1 is 1.05 bits per heavy atom. The largest absolute Gasteiger partial charge is 0.478 e. The number of fused-ring (bicyclic) bond motifs is 1. The van der Waals surface area contributed by atoms with Crippen molar-refractivity contribution in [3.05, 3.63) is 59.4 Å². The van der Waals surface area contributed by atoms with Gasteiger partial charge in [-0.1, -0.05) is 30.3 Å². The molecule has 1 heterocycles. The average Bonchev–Trinajstić information content (AvgIpc) is 2.88. The zero-order valence-electron chi connectivity index (χ0n) is 11.2. The number of nitrogens with zero attached hydrogens (tertiary/aromatic N) is 1. The normalized spacial score (nSPS) is 14.9. The smallest absolute Gasteiger partial charge is 0.337 e. The van der Waals surface area contributed by atoms with Crippen molar-refractivity contribution in [2.45, 2.75) is 25.7 Å². The molecular weight excluding hydrogens is 250 g/mol. The van der Waals surface area contributed by atoms with Gasteiger partial charge >= 0.3 is 5.97 Å². The van der Waals surface area contributed by atoms with Crippen LogP contribution in [0, 0.1) is 0 Å². The third-order valence-electron chi connectivity index (χ3n) is 3.76. The van der Waals surface area contributed by atoms with Crippen molar-refractivity contribution in [3.8, 4) is 0 Å². The predicted molar refractivity (Wildman–Crippen MR) is 79.3 cm³/mol. The molecule has 3 rings (SSSR count). The molecule has 0 fully saturated rings. The quantitative estimate of drug-likeness (QED) is 0.865. The highest BCUT2D eigenvalue weighted by Crippen LogP contribution is 2.23. The Balaban J connectivity index is 1.99. The highest BCUT2D eigenvalue weighted by molar-refractivity contribution is 6.19. The van der Waals surface area contributed by atoms with Crippen LogP contribution in [-0.2, 0) is 17.6 Å². The van der Waals surface area contributed by atoms with Crippen LogP contribution in [0.15, 0.2) is 42.7 Å². The zero-order chi connectivity index (χ0) is 13.9. The first-order chi connectivity index (χ1) is 9.74. The van der Waals surface area contributed by atoms with Crippen LogP contribution in [0.5, 0.6) is 0 Å². The first-order valence-corrected chi connectivity index (χ1v) is 6.94. The summed E-state index contributed by atoms with van der Waals surface area (Å²) in [7, 11) is 0. The van der Waals surface area contributed by atoms with E-state index in [1.165, 1.54) is 24.0 Å². The molecule has 1 N–H and O–H groups in total. The number of aromatic nitrogens is 1. The molecule has 0 aliphatic heterocycles. The molecule has 2 aromatic rings. The summed E-state index contributed by atoms with van der Waals surface area (Å²) in [6.07, 6.45) is 10.5. The lowest BCUT2D eigenvalue weighted by Gasteiger charge is -2.08. The van der Waals surface area contributed by atoms with Crippen LogP contribution in [0.4, 0.5) is 0 Å². The van der Waals surface area contributed by atoms with Crippen LogP contribution < -0.4 is 0 Å². The minimum atomic E-state index is -0.900. The van der Waals surface area contributed by atoms with Gasteiger partial charge in [0.15, 0.2) is 0 Å². The van der Waals surface area contributed by atoms with Gasteiger partial charge in [0.25, 0.3) is 0 Å². The number of aliphatic carboxylic acids is 1. The number of hydrogen-bond acceptors (Lipinski definition) is 1. The van der Waals surface area contributed by atoms with E-state index in [4.69, 9.17) is 0 Å². The van der Waals surface area contributed by atoms with Crippen molar-refractivity contribution in [3.63, 3.8) is 0 Å². The third kappa shape index (κ3) is 2.52. The van der Waals surface area contributed by atoms with E-state index >= 15 is 0 Å². The molecule has 1 aromatic heterocycles. The van der Waals surface area contributed by atoms with Gasteiger partial charge in [-0.25, -0.2) is 4.79 Å². The van der Waals surface area contributed by atoms with E-state index in [0.29, 0.717) is 5.57 Å². The zero-order valence-corrected chi connectivity index (χ0v) is 11.2. The van der Waals surface area contributed by atoms with E-state index in [9.17, 15) is 9.90 Å². The van der Waals surface area contributed by atoms with Gasteiger partial charge in [0, 0.05) is 18.6 Å². The highest BCUT2D eigenvalue weighted by atomic mass is 16.4. The first-order valence-electron chi connectivity index (χ1n) is 6.94. The van der Waals surface area contributed by atoms with E-state index in [1.54, 1.807) is 6.20 Å². The van der Waals surface area contributed by atoms with Gasteiger partial charge in [0.2, 0.25) is 0 Å². The van der Waals surface area contributed by atoms with Crippen molar-refractivity contribution < 1.29 is 9.90 Å². The Labute approximate surface area is 118 Å². The van der Waals surface area contributed by atoms with Crippen molar-refractivity contribution in [2.75, 3.05) is 0 Å². The summed E-state index contributed by atoms with van der Waals surface area (Å²) in [6, 6.07) is 9.24. The van der Waals surface area contributed by atoms with E-state index in [-0.39, 0.29) is 0 Å². The molecule has 0 radical (unpaired) electrons. The lowest BCUT2D eigenvalue weighted by molar-refractivity contribution is -0.130. The maximum Gasteiger partial charge on any atom is 0.337 e. The van der Waals surface area contributed by atoms with Crippen LogP contribution >= 0.6 is 0 Å². The molecular formula is C17H17NO2. The average molecular weight is 267 g/mol. The van der Waals surface area contributed by atoms with Crippen molar-refractivity contribution >= 4 is 17.7 Å². The standard InChI is InChI=1S/C17H17NO2/c19-17(20)16(13-6-2-1-3-7-13)12-18-10-14-8-4-5-9-15(14)11-18/h1-3,6-7,10-12H,4-5,8-9H2,(H,19,20). The summed E-state index contributed by atoms with van der Waals surface area (Å²) in [5, 5.41) is 9.41. The number of rotatable bonds is 3. The van der Waals surface area contributed by atoms with E-state index < -0.39 is 5.97 Å². The number of aryl methyl sites for hydroxylation is 2. The lowest BCUT2D eigenvalue weighted by Crippen LogP contribution is -2.01. The molecule has 20 heavy (non-hydrogen) atoms. The summed E-state index contributed by atoms with van der Waals surface area (Å²) < 4.78 is 1.90. The monoisotopic (exact) mass is 267 g/mol. The van der Waals surface area contributed by atoms with E-state index in [0.717, 1.165) is 18.4 Å². The van der Waals surface area contributed by atoms with Gasteiger partial charge in [-0.15, -0.1) is 0 Å². The maximum absolute atomic E-state index is 11.5. The molecule has 1 aromatic carbocycles. The first kappa shape index (κ1) is 12.7. The van der Waals surface area contributed by atoms with Crippen LogP contribution in [-0.4, -0.2) is 15.6 Å². The van der Waals surface area contributed by atoms with Crippen LogP contribution in [0.1, 0.15) is 29.5 Å². The van der Waals surface area contributed by atoms with Gasteiger partial charge in [0.05, 0.1) is 5.57 Å². The second-order valence-electron chi connectivity index (χ2n) is 5.18. The van der Waals surface area contributed by atoms with Gasteiger partial charge < -0.3 is 9.67 Å². The third-order valence-corrected chi connectivity index (χ3v) is 3.76. The number of carboxylic acid groups (broad SMARTS) is 1. The SMILES string of the molecule is O=C(O)C(=Cn1cc2c(c1)CCCC2)c1ccccc1. The van der Waals surface area contributed by atoms with Crippen LogP contribution in [0.3, 0.4) is 0 Å². The Kier molecular flexibility index (Phi) is 3.42. The van der Waals surface area contributed by atoms with Crippen molar-refractivity contribution in [1.82, 2.24) is 4.57 Å². The number of benzene rings is 1. The number of hydrogen-bond donors (Lipinski definition) is 1. The van der Waals surface area contributed by atoms with Gasteiger partial charge in [-0.2, -0.15) is 0 Å². The van der Waals surface area contributed by atoms with E-state index in [2.05, 4.69) is 12.4 Å². The number of carbonyl (C=O) groups is 1. The van der Waals surface area contributed by atoms with Crippen molar-refractivity contribution in [2.24, 2.45) is 0 Å². The topological polar surface area (TPSA) is 42.2 Å². The fourth-order valence-corrected chi connectivity index (χ4v) is 2.74. The minimum Gasteiger partial charge on any atom is -0.478 e. The molecule has 1 aliphatic rings. The second-order valence-corrected chi connectivity index (χ2v) is 5.18. The molecule has 0 atom stereocenters. The molecule has 1 aliphatic carbocycles. The summed E-state index contributed by atoms with van der Waals surface area (Å²) in [5.74, 6) is -0.900. The fraction of sp³-hybridized carbons (Fsp3) is 0.235. The van der Waals surface area contributed by atoms with Crippen LogP contribution in [0.25, 0.3) is 11.8 Å². The summed E-state index contributed by atoms with van der Waals surface area (Å²) in [4.78, 5) is 11.5. The Morgan fingerprint density at radius 2 is 1.65 bits per heavy atom. The molecule has 3 nitrogen and oxygen atoms in total. The predicted octanol–water partition coefficient (Wildman–Crippen LogP) is 3.45. The summed E-state index contributed by atoms with van der Waals surface area (Å²) >= 11 is 0. The Bertz CT molecular complexity index is 629. The van der Waals surface area contributed by atoms with Gasteiger partial charge in [-0.3, -0.25) is 0 Å². The molecule has 3 heteroatoms. The van der Waals surface area contributed by atoms with Crippen LogP contribution in [0.2, 0.25) is 0 Å². The second kappa shape index (κ2) is 5.37. The van der Waals surface area contributed by atoms with Gasteiger partial charge in [-0.05, 0) is 42.4 Å². The Morgan fingerprint density at radius 3 is 2.20 bits per heavy atom. The fourth-order valence-electron chi connectivity index (χ4n) is 2.74. The minimum absolute atomic E-state index is 0.318. The molecule has 0 bridgehead atoms. The Hall–Kier alpha value is -2.29. The van der Waals surface area contributed by atoms with Crippen molar-refractivity contribution in [1.29, 1.82) is 0 Å². The lowest BCUT2D eigenvalue weighted by atomic mass is 9.96. The summed E-state index contributed by atoms with van der Waals surface area (Å²) in [6.45, 7) is 0. The highest BCUT2D eigenvalue weighted by Gasteiger charge is 2.13. The number of carboxylic acids is 1. The molecule has 0 unspecified atom stereocenters. The molecule has 102 valence electrons. The summed E-state index contributed by atoms with van der Waals surface area (Å²) in [5.41, 5.74) is 3.75. The molecule has 0 spiro atoms. The van der Waals surface area contributed by atoms with E-state index in [1.807, 2.05) is 34.9 Å². The van der Waals surface area contributed by atoms with Gasteiger partial charge in [0.1, 0.15) is 0 Å². The molecule has 0 saturated carbocycles.